The molecule has 6 rings (SSSR count). The molecule has 1 aliphatic rings. The number of carbonyl (C=O) groups excluding carboxylic acids is 1. The smallest absolute Gasteiger partial charge is 0.545 e. The number of aromatic nitrogens is 3. The van der Waals surface area contributed by atoms with Crippen molar-refractivity contribution < 1.29 is 24.3 Å². The van der Waals surface area contributed by atoms with Crippen molar-refractivity contribution >= 4 is 41.7 Å². The van der Waals surface area contributed by atoms with Crippen molar-refractivity contribution in [1.82, 2.24) is 15.0 Å². The van der Waals surface area contributed by atoms with Crippen LogP contribution in [0.3, 0.4) is 0 Å². The Kier molecular flexibility index (Phi) is 13.8. The van der Waals surface area contributed by atoms with Gasteiger partial charge >= 0.3 is 19.5 Å². The Labute approximate surface area is 267 Å². The third-order valence-corrected chi connectivity index (χ3v) is 6.06. The number of hydrogen-bond donors (Lipinski definition) is 0. The van der Waals surface area contributed by atoms with Crippen LogP contribution in [0.2, 0.25) is 0 Å². The van der Waals surface area contributed by atoms with Crippen molar-refractivity contribution in [2.75, 3.05) is 35.8 Å². The monoisotopic (exact) mass is 651 g/mol. The maximum atomic E-state index is 7.75. The van der Waals surface area contributed by atoms with E-state index in [4.69, 9.17) is 32.6 Å². The summed E-state index contributed by atoms with van der Waals surface area (Å²) >= 11 is 0. The van der Waals surface area contributed by atoms with Crippen molar-refractivity contribution in [3.8, 4) is 11.8 Å². The second kappa shape index (κ2) is 17.5. The molecule has 0 amide bonds. The van der Waals surface area contributed by atoms with Crippen LogP contribution in [-0.4, -0.2) is 42.9 Å². The van der Waals surface area contributed by atoms with Gasteiger partial charge in [-0.05, 0) is 36.4 Å². The predicted molar refractivity (Wildman–Crippen MR) is 169 cm³/mol. The fourth-order valence-corrected chi connectivity index (χ4v) is 3.75. The third-order valence-electron chi connectivity index (χ3n) is 6.06. The average molecular weight is 651 g/mol. The Morgan fingerprint density at radius 3 is 0.884 bits per heavy atom. The molecule has 0 spiro atoms. The first kappa shape index (κ1) is 33.9. The molecule has 0 aliphatic carbocycles. The van der Waals surface area contributed by atoms with E-state index < -0.39 is 0 Å². The van der Waals surface area contributed by atoms with E-state index in [2.05, 4.69) is 18.6 Å². The van der Waals surface area contributed by atoms with Crippen LogP contribution in [0, 0.1) is 24.7 Å². The molecule has 0 unspecified atom stereocenters. The number of hydrogen-bond acceptors (Lipinski definition) is 7. The fourth-order valence-electron chi connectivity index (χ4n) is 3.75. The van der Waals surface area contributed by atoms with E-state index in [0.29, 0.717) is 0 Å². The number of fused-ring (bicyclic) bond motifs is 6. The van der Waals surface area contributed by atoms with Gasteiger partial charge in [0.25, 0.3) is 0 Å². The number of benzene rings is 2. The Balaban J connectivity index is 0.000000279. The maximum Gasteiger partial charge on any atom is 3.00 e. The van der Waals surface area contributed by atoms with Crippen molar-refractivity contribution in [3.05, 3.63) is 139 Å². The van der Waals surface area contributed by atoms with E-state index in [1.807, 2.05) is 151 Å². The summed E-state index contributed by atoms with van der Waals surface area (Å²) in [6.45, 7) is 3.25. The summed E-state index contributed by atoms with van der Waals surface area (Å²) in [5.74, 6) is 9.57. The average Bonchev–Trinajstić information content (AvgIpc) is 3.09. The Bertz CT molecular complexity index is 1430. The van der Waals surface area contributed by atoms with E-state index in [0.717, 1.165) is 46.0 Å². The van der Waals surface area contributed by atoms with E-state index >= 15 is 0 Å². The second-order valence-electron chi connectivity index (χ2n) is 8.72. The molecular weight excluding hydrogens is 621 g/mol. The zero-order valence-electron chi connectivity index (χ0n) is 24.0. The van der Waals surface area contributed by atoms with Gasteiger partial charge in [-0.25, -0.2) is 15.0 Å². The largest absolute Gasteiger partial charge is 3.00 e. The molecular formula is C35H29N6ORu. The standard InChI is InChI=1S/C18H18N6.2C8H5.CHO.Ru/c1-22-13-7-4-9-15(19-13)23(2)17-11-6-12-18(21-17)24(3)16-10-5-8-14(22)20-16;2*1-2-8-6-4-3-5-7-8;1-2;/h4-12H,1-3H3;2*3-7H;1H;/q;3*-1;+3. The molecule has 4 heterocycles. The summed E-state index contributed by atoms with van der Waals surface area (Å²) < 4.78 is 0. The summed E-state index contributed by atoms with van der Waals surface area (Å²) in [6, 6.07) is 36.6. The summed E-state index contributed by atoms with van der Waals surface area (Å²) in [5.41, 5.74) is 1.65. The molecule has 213 valence electrons. The van der Waals surface area contributed by atoms with Crippen molar-refractivity contribution in [1.29, 1.82) is 0 Å². The van der Waals surface area contributed by atoms with E-state index in [1.54, 1.807) is 0 Å². The van der Waals surface area contributed by atoms with Gasteiger partial charge in [0, 0.05) is 21.1 Å². The summed E-state index contributed by atoms with van der Waals surface area (Å²) in [5, 5.41) is 0. The van der Waals surface area contributed by atoms with Gasteiger partial charge in [0.05, 0.1) is 0 Å². The van der Waals surface area contributed by atoms with Crippen LogP contribution >= 0.6 is 0 Å². The quantitative estimate of drug-likeness (QED) is 0.0825. The summed E-state index contributed by atoms with van der Waals surface area (Å²) in [4.78, 5) is 28.0. The number of rotatable bonds is 0. The van der Waals surface area contributed by atoms with Crippen molar-refractivity contribution in [2.24, 2.45) is 0 Å². The fraction of sp³-hybridized carbons (Fsp3) is 0.0857. The molecule has 6 bridgehead atoms. The molecule has 0 saturated heterocycles. The van der Waals surface area contributed by atoms with Crippen LogP contribution in [0.1, 0.15) is 11.1 Å². The minimum Gasteiger partial charge on any atom is -0.545 e. The topological polar surface area (TPSA) is 65.5 Å². The van der Waals surface area contributed by atoms with E-state index in [-0.39, 0.29) is 19.5 Å². The molecule has 3 aromatic heterocycles. The van der Waals surface area contributed by atoms with Gasteiger partial charge in [-0.3, -0.25) is 18.6 Å². The molecule has 0 fully saturated rings. The van der Waals surface area contributed by atoms with Crippen molar-refractivity contribution in [3.63, 3.8) is 0 Å². The minimum atomic E-state index is 0. The second-order valence-corrected chi connectivity index (χ2v) is 8.72. The van der Waals surface area contributed by atoms with Crippen LogP contribution in [0.15, 0.2) is 115 Å². The van der Waals surface area contributed by atoms with Crippen LogP contribution < -0.4 is 14.7 Å². The first-order valence-corrected chi connectivity index (χ1v) is 12.8. The molecule has 2 aromatic carbocycles. The first-order chi connectivity index (χ1) is 20.5. The maximum absolute atomic E-state index is 7.75. The Morgan fingerprint density at radius 1 is 0.465 bits per heavy atom. The van der Waals surface area contributed by atoms with Crippen LogP contribution in [0.4, 0.5) is 34.9 Å². The van der Waals surface area contributed by atoms with Crippen LogP contribution in [0.25, 0.3) is 0 Å². The van der Waals surface area contributed by atoms with Gasteiger partial charge in [-0.2, -0.15) is 0 Å². The molecule has 1 radical (unpaired) electrons. The molecule has 1 aliphatic heterocycles. The van der Waals surface area contributed by atoms with Gasteiger partial charge in [0.2, 0.25) is 0 Å². The molecule has 5 aromatic rings. The van der Waals surface area contributed by atoms with Gasteiger partial charge in [0.1, 0.15) is 34.9 Å². The Hall–Kier alpha value is -5.30. The van der Waals surface area contributed by atoms with Gasteiger partial charge in [0.15, 0.2) is 0 Å². The summed E-state index contributed by atoms with van der Waals surface area (Å²) in [6.07, 6.45) is 13.4. The van der Waals surface area contributed by atoms with Crippen molar-refractivity contribution in [2.45, 2.75) is 0 Å². The third kappa shape index (κ3) is 9.36. The molecule has 0 N–H and O–H groups in total. The molecule has 7 nitrogen and oxygen atoms in total. The van der Waals surface area contributed by atoms with Crippen LogP contribution in [0.5, 0.6) is 0 Å². The molecule has 0 atom stereocenters. The first-order valence-electron chi connectivity index (χ1n) is 12.8. The molecule has 8 heteroatoms. The number of nitrogens with zero attached hydrogens (tertiary/aromatic N) is 6. The van der Waals surface area contributed by atoms with Gasteiger partial charge in [-0.1, -0.05) is 54.6 Å². The van der Waals surface area contributed by atoms with Gasteiger partial charge in [-0.15, -0.1) is 35.4 Å². The predicted octanol–water partition coefficient (Wildman–Crippen LogP) is 6.46. The molecule has 43 heavy (non-hydrogen) atoms. The zero-order chi connectivity index (χ0) is 30.3. The normalized spacial score (nSPS) is 10.5. The van der Waals surface area contributed by atoms with E-state index in [1.165, 1.54) is 0 Å². The number of anilines is 6. The zero-order valence-corrected chi connectivity index (χ0v) is 25.7. The number of pyridine rings is 3. The van der Waals surface area contributed by atoms with Crippen LogP contribution in [-0.2, 0) is 24.3 Å². The SMILES string of the molecule is CN1c2cccc(n2)N(C)c2cccc(n2)N(C)c2cccc1n2.[C-]#Cc1ccccc1.[C-]#Cc1ccccc1.[CH-]=O.[Ru+3]. The Morgan fingerprint density at radius 2 is 0.698 bits per heavy atom. The van der Waals surface area contributed by atoms with E-state index in [9.17, 15) is 0 Å². The van der Waals surface area contributed by atoms with Gasteiger partial charge < -0.3 is 32.3 Å². The molecule has 0 saturated carbocycles. The minimum absolute atomic E-state index is 0. The summed E-state index contributed by atoms with van der Waals surface area (Å²) in [7, 11) is 5.92.